The fraction of sp³-hybridized carbons (Fsp3) is 0.0962. The number of benzene rings is 7. The minimum atomic E-state index is -5.04. The predicted octanol–water partition coefficient (Wildman–Crippen LogP) is 11.3. The SMILES string of the molecule is C.Cc1nc(Nc2ccc(Nc3nc(C)nc(Nc4cc(S(=O)(=O)O)cc5cc(SOOO)c(N=Nc6cc(COO)ccc6C(=O)O)c(O)c45)n3)c(C(=O)O)c2)nc(Nc2cc(S(=O)(=O)O)cc3cc(SOOO)c(N=Nc4cc(COO)ccc4C(=O)O)c(O)c23)n1. The number of aromatic nitrogens is 6. The molecule has 42 heteroatoms. The summed E-state index contributed by atoms with van der Waals surface area (Å²) in [6.07, 6.45) is 0. The zero-order valence-corrected chi connectivity index (χ0v) is 49.7. The maximum absolute atomic E-state index is 12.9. The van der Waals surface area contributed by atoms with Crippen molar-refractivity contribution in [2.24, 2.45) is 20.5 Å². The number of phenolic OH excluding ortho intramolecular Hbond substituents is 2. The average molecular weight is 1380 g/mol. The van der Waals surface area contributed by atoms with E-state index in [0.29, 0.717) is 0 Å². The van der Waals surface area contributed by atoms with Gasteiger partial charge in [0.05, 0.1) is 77.4 Å². The number of aromatic carboxylic acids is 3. The van der Waals surface area contributed by atoms with E-state index < -0.39 is 83.0 Å². The van der Waals surface area contributed by atoms with Gasteiger partial charge in [-0.25, -0.2) is 34.7 Å². The second-order valence-corrected chi connectivity index (χ2v) is 22.9. The number of carbonyl (C=O) groups is 3. The Morgan fingerprint density at radius 1 is 0.489 bits per heavy atom. The van der Waals surface area contributed by atoms with Crippen LogP contribution in [0.5, 0.6) is 11.5 Å². The number of phenols is 2. The Hall–Kier alpha value is -10.4. The normalized spacial score (nSPS) is 11.7. The largest absolute Gasteiger partial charge is 0.505 e. The van der Waals surface area contributed by atoms with E-state index in [1.54, 1.807) is 0 Å². The molecule has 9 rings (SSSR count). The lowest BCUT2D eigenvalue weighted by molar-refractivity contribution is -0.432. The third kappa shape index (κ3) is 16.3. The molecule has 0 saturated heterocycles. The van der Waals surface area contributed by atoms with E-state index in [9.17, 15) is 65.9 Å². The van der Waals surface area contributed by atoms with E-state index in [2.05, 4.69) is 100 Å². The van der Waals surface area contributed by atoms with Crippen molar-refractivity contribution in [1.29, 1.82) is 0 Å². The number of aryl methyl sites for hydroxylation is 2. The van der Waals surface area contributed by atoms with Gasteiger partial charge in [-0.2, -0.15) is 46.7 Å². The Morgan fingerprint density at radius 2 is 0.883 bits per heavy atom. The molecule has 0 spiro atoms. The Balaban J connectivity index is 0.0000113. The van der Waals surface area contributed by atoms with Crippen molar-refractivity contribution in [3.63, 3.8) is 0 Å². The first-order chi connectivity index (χ1) is 44.2. The minimum Gasteiger partial charge on any atom is -0.505 e. The summed E-state index contributed by atoms with van der Waals surface area (Å²) in [6.45, 7) is 2.03. The van der Waals surface area contributed by atoms with E-state index >= 15 is 0 Å². The molecule has 0 radical (unpaired) electrons. The molecule has 0 aliphatic carbocycles. The summed E-state index contributed by atoms with van der Waals surface area (Å²) in [4.78, 5) is 69.0. The van der Waals surface area contributed by atoms with Crippen molar-refractivity contribution < 1.29 is 115 Å². The van der Waals surface area contributed by atoms with Crippen LogP contribution in [0.2, 0.25) is 0 Å². The number of hydrogen-bond donors (Lipinski definition) is 15. The lowest BCUT2D eigenvalue weighted by atomic mass is 10.1. The second kappa shape index (κ2) is 29.5. The summed E-state index contributed by atoms with van der Waals surface area (Å²) in [6, 6.07) is 17.0. The van der Waals surface area contributed by atoms with Gasteiger partial charge in [-0.3, -0.25) is 19.6 Å². The summed E-state index contributed by atoms with van der Waals surface area (Å²) in [7, 11) is -10.1. The Labute approximate surface area is 533 Å². The number of azo groups is 2. The number of anilines is 8. The highest BCUT2D eigenvalue weighted by atomic mass is 32.2. The van der Waals surface area contributed by atoms with Crippen LogP contribution < -0.4 is 21.3 Å². The molecule has 38 nitrogen and oxygen atoms in total. The van der Waals surface area contributed by atoms with Gasteiger partial charge in [-0.1, -0.05) is 29.6 Å². The minimum absolute atomic E-state index is 0. The zero-order chi connectivity index (χ0) is 67.1. The van der Waals surface area contributed by atoms with Gasteiger partial charge in [0, 0.05) is 16.5 Å². The molecular formula is C52H44N14O24S4. The van der Waals surface area contributed by atoms with Crippen molar-refractivity contribution in [1.82, 2.24) is 29.9 Å². The molecule has 0 aliphatic rings. The smallest absolute Gasteiger partial charge is 0.337 e. The quantitative estimate of drug-likeness (QED) is 0.00747. The molecule has 0 fully saturated rings. The van der Waals surface area contributed by atoms with Crippen LogP contribution in [0.1, 0.15) is 61.3 Å². The number of aromatic hydroxyl groups is 2. The van der Waals surface area contributed by atoms with E-state index in [1.165, 1.54) is 50.2 Å². The second-order valence-electron chi connectivity index (χ2n) is 18.6. The Morgan fingerprint density at radius 3 is 1.26 bits per heavy atom. The van der Waals surface area contributed by atoms with Gasteiger partial charge in [0.2, 0.25) is 23.8 Å². The van der Waals surface area contributed by atoms with Crippen molar-refractivity contribution in [2.45, 2.75) is 54.1 Å². The van der Waals surface area contributed by atoms with E-state index in [-0.39, 0.29) is 161 Å². The number of fused-ring (bicyclic) bond motifs is 2. The zero-order valence-electron chi connectivity index (χ0n) is 46.4. The van der Waals surface area contributed by atoms with Crippen molar-refractivity contribution in [3.05, 3.63) is 130 Å². The molecule has 0 unspecified atom stereocenters. The van der Waals surface area contributed by atoms with Crippen LogP contribution in [0.4, 0.5) is 69.3 Å². The lowest BCUT2D eigenvalue weighted by Crippen LogP contribution is -2.10. The van der Waals surface area contributed by atoms with Crippen LogP contribution in [0.15, 0.2) is 131 Å². The third-order valence-corrected chi connectivity index (χ3v) is 15.4. The van der Waals surface area contributed by atoms with Gasteiger partial charge >= 0.3 is 17.9 Å². The van der Waals surface area contributed by atoms with Gasteiger partial charge in [0.1, 0.15) is 47.6 Å². The van der Waals surface area contributed by atoms with E-state index in [0.717, 1.165) is 54.6 Å². The van der Waals surface area contributed by atoms with E-state index in [4.69, 9.17) is 21.0 Å². The molecule has 0 saturated carbocycles. The first kappa shape index (κ1) is 69.5. The highest BCUT2D eigenvalue weighted by molar-refractivity contribution is 7.95. The van der Waals surface area contributed by atoms with Gasteiger partial charge < -0.3 is 46.8 Å². The number of rotatable bonds is 27. The molecule has 0 aliphatic heterocycles. The van der Waals surface area contributed by atoms with Crippen LogP contribution in [-0.4, -0.2) is 120 Å². The summed E-state index contributed by atoms with van der Waals surface area (Å²) < 4.78 is 80.1. The lowest BCUT2D eigenvalue weighted by Gasteiger charge is -2.16. The predicted molar refractivity (Wildman–Crippen MR) is 325 cm³/mol. The molecule has 15 N–H and O–H groups in total. The molecule has 490 valence electrons. The number of carboxylic acids is 3. The highest BCUT2D eigenvalue weighted by Gasteiger charge is 2.26. The van der Waals surface area contributed by atoms with Crippen LogP contribution in [-0.2, 0) is 62.0 Å². The van der Waals surface area contributed by atoms with Gasteiger partial charge in [0.15, 0.2) is 11.5 Å². The first-order valence-electron chi connectivity index (χ1n) is 25.2. The first-order valence-corrected chi connectivity index (χ1v) is 29.5. The summed E-state index contributed by atoms with van der Waals surface area (Å²) >= 11 is 0.456. The average Bonchev–Trinajstić information content (AvgIpc) is 0.763. The number of hydrogen-bond acceptors (Lipinski definition) is 35. The van der Waals surface area contributed by atoms with Crippen LogP contribution >= 0.6 is 24.1 Å². The summed E-state index contributed by atoms with van der Waals surface area (Å²) in [5, 5.41) is 124. The third-order valence-electron chi connectivity index (χ3n) is 12.5. The van der Waals surface area contributed by atoms with Crippen LogP contribution in [0.3, 0.4) is 0 Å². The van der Waals surface area contributed by atoms with Crippen molar-refractivity contribution in [3.8, 4) is 11.5 Å². The molecule has 0 bridgehead atoms. The Bertz CT molecular complexity index is 4790. The molecule has 7 aromatic carbocycles. The molecule has 2 aromatic heterocycles. The highest BCUT2D eigenvalue weighted by Crippen LogP contribution is 2.50. The fourth-order valence-corrected chi connectivity index (χ4v) is 10.7. The number of nitrogens with one attached hydrogen (secondary N) is 4. The Kier molecular flexibility index (Phi) is 21.8. The summed E-state index contributed by atoms with van der Waals surface area (Å²) in [5.41, 5.74) is -3.04. The molecule has 0 atom stereocenters. The maximum Gasteiger partial charge on any atom is 0.337 e. The van der Waals surface area contributed by atoms with Gasteiger partial charge in [-0.15, -0.1) is 29.1 Å². The van der Waals surface area contributed by atoms with Crippen molar-refractivity contribution >= 4 is 153 Å². The molecule has 0 amide bonds. The molecule has 9 aromatic rings. The maximum atomic E-state index is 12.9. The molecular weight excluding hydrogens is 1330 g/mol. The topological polar surface area (TPSA) is 572 Å². The van der Waals surface area contributed by atoms with Gasteiger partial charge in [0.25, 0.3) is 20.2 Å². The van der Waals surface area contributed by atoms with Crippen LogP contribution in [0, 0.1) is 13.8 Å². The molecule has 2 heterocycles. The molecule has 94 heavy (non-hydrogen) atoms. The monoisotopic (exact) mass is 1380 g/mol. The van der Waals surface area contributed by atoms with Crippen molar-refractivity contribution in [2.75, 3.05) is 21.3 Å². The van der Waals surface area contributed by atoms with Gasteiger partial charge in [-0.05, 0) is 115 Å². The standard InChI is InChI=1S/C51H40N14O24S4.CH4/c1-20-52-48(60-50(54-20)58-35-16-27(92(78,79)80)11-24-13-37(90-88-86-76)41(43(66)39(24)35)64-62-33-9-22(18-84-74)3-6-29(33)45(68)69)56-26-5-8-32(31(15-26)47(72)73)57-49-53-21(2)55-51(61-49)59-36-17-28(93(81,82)83)12-25-14-38(91-89-87-77)42(44(67)40(25)36)65-63-34-10-23(19-85-75)4-7-30(34)46(70)71;/h3-17,66-67,74-77H,18-19H2,1-2H3,(H,68,69)(H,70,71)(H,72,73)(H,78,79,80)(H,81,82,83)(H2,52,54,56,58,60)(H2,53,55,57,59,61);1H4. The fourth-order valence-electron chi connectivity index (χ4n) is 8.64. The van der Waals surface area contributed by atoms with Crippen LogP contribution in [0.25, 0.3) is 21.5 Å². The van der Waals surface area contributed by atoms with E-state index in [1.807, 2.05) is 0 Å². The summed E-state index contributed by atoms with van der Waals surface area (Å²) in [5.74, 6) is -7.36. The number of nitrogens with zero attached hydrogens (tertiary/aromatic N) is 10. The number of carboxylic acid groups (broad SMARTS) is 3.